The van der Waals surface area contributed by atoms with Crippen molar-refractivity contribution in [3.8, 4) is 0 Å². The summed E-state index contributed by atoms with van der Waals surface area (Å²) in [6.45, 7) is 4.91. The van der Waals surface area contributed by atoms with Gasteiger partial charge in [-0.25, -0.2) is 0 Å². The molecule has 11 heavy (non-hydrogen) atoms. The van der Waals surface area contributed by atoms with E-state index in [2.05, 4.69) is 25.2 Å². The fourth-order valence-electron chi connectivity index (χ4n) is 1.69. The maximum atomic E-state index is 2.46. The molecule has 1 aliphatic rings. The summed E-state index contributed by atoms with van der Waals surface area (Å²) in [6.07, 6.45) is 10.4. The molecule has 64 valence electrons. The van der Waals surface area contributed by atoms with Gasteiger partial charge in [-0.3, -0.25) is 0 Å². The van der Waals surface area contributed by atoms with Gasteiger partial charge in [0.1, 0.15) is 0 Å². The standard InChI is InChI=1S/C10H20Si/c1-11(2)9-8-10-6-4-3-5-7-10/h3-4,10-11H,5-9H2,1-2H3/t10-/m0/s1. The Kier molecular flexibility index (Phi) is 3.91. The topological polar surface area (TPSA) is 0 Å². The molecule has 0 N–H and O–H groups in total. The molecule has 0 aromatic rings. The molecule has 0 aromatic carbocycles. The van der Waals surface area contributed by atoms with Gasteiger partial charge in [0, 0.05) is 8.80 Å². The first kappa shape index (κ1) is 9.05. The molecule has 0 saturated heterocycles. The highest BCUT2D eigenvalue weighted by Crippen LogP contribution is 2.23. The van der Waals surface area contributed by atoms with Gasteiger partial charge in [0.2, 0.25) is 0 Å². The molecule has 0 aromatic heterocycles. The summed E-state index contributed by atoms with van der Waals surface area (Å²) in [5.74, 6) is 1.04. The predicted octanol–water partition coefficient (Wildman–Crippen LogP) is 3.22. The Balaban J connectivity index is 2.11. The summed E-state index contributed by atoms with van der Waals surface area (Å²) in [5.41, 5.74) is 0. The van der Waals surface area contributed by atoms with Gasteiger partial charge in [0.05, 0.1) is 0 Å². The molecule has 0 saturated carbocycles. The van der Waals surface area contributed by atoms with E-state index < -0.39 is 0 Å². The van der Waals surface area contributed by atoms with Crippen LogP contribution in [0.4, 0.5) is 0 Å². The minimum absolute atomic E-state index is 0.266. The van der Waals surface area contributed by atoms with Crippen LogP contribution in [-0.2, 0) is 0 Å². The molecule has 0 fully saturated rings. The maximum absolute atomic E-state index is 2.46. The highest BCUT2D eigenvalue weighted by molar-refractivity contribution is 6.55. The zero-order chi connectivity index (χ0) is 8.10. The molecular weight excluding hydrogens is 148 g/mol. The number of hydrogen-bond donors (Lipinski definition) is 0. The second kappa shape index (κ2) is 4.76. The first-order valence-corrected chi connectivity index (χ1v) is 8.06. The van der Waals surface area contributed by atoms with Crippen LogP contribution in [0.1, 0.15) is 25.7 Å². The summed E-state index contributed by atoms with van der Waals surface area (Å²) in [7, 11) is -0.266. The van der Waals surface area contributed by atoms with Crippen molar-refractivity contribution in [1.29, 1.82) is 0 Å². The van der Waals surface area contributed by atoms with Crippen molar-refractivity contribution in [2.75, 3.05) is 0 Å². The lowest BCUT2D eigenvalue weighted by Gasteiger charge is -2.17. The van der Waals surface area contributed by atoms with E-state index >= 15 is 0 Å². The van der Waals surface area contributed by atoms with Crippen molar-refractivity contribution in [2.24, 2.45) is 5.92 Å². The van der Waals surface area contributed by atoms with Crippen molar-refractivity contribution in [2.45, 2.75) is 44.8 Å². The summed E-state index contributed by atoms with van der Waals surface area (Å²) < 4.78 is 0. The Bertz CT molecular complexity index is 127. The molecule has 0 bridgehead atoms. The summed E-state index contributed by atoms with van der Waals surface area (Å²) in [6, 6.07) is 1.55. The third-order valence-corrected chi connectivity index (χ3v) is 4.02. The van der Waals surface area contributed by atoms with E-state index in [4.69, 9.17) is 0 Å². The SMILES string of the molecule is C[SiH](C)CC[C@H]1CC=CCC1. The van der Waals surface area contributed by atoms with Gasteiger partial charge in [-0.1, -0.05) is 37.7 Å². The Labute approximate surface area is 72.3 Å². The lowest BCUT2D eigenvalue weighted by Crippen LogP contribution is -2.07. The first-order valence-electron chi connectivity index (χ1n) is 4.94. The van der Waals surface area contributed by atoms with Gasteiger partial charge >= 0.3 is 0 Å². The van der Waals surface area contributed by atoms with Crippen LogP contribution in [0.15, 0.2) is 12.2 Å². The van der Waals surface area contributed by atoms with Gasteiger partial charge in [-0.15, -0.1) is 0 Å². The third-order valence-electron chi connectivity index (χ3n) is 2.53. The van der Waals surface area contributed by atoms with Crippen molar-refractivity contribution < 1.29 is 0 Å². The van der Waals surface area contributed by atoms with Crippen LogP contribution < -0.4 is 0 Å². The van der Waals surface area contributed by atoms with Crippen LogP contribution >= 0.6 is 0 Å². The summed E-state index contributed by atoms with van der Waals surface area (Å²) >= 11 is 0. The van der Waals surface area contributed by atoms with E-state index in [1.165, 1.54) is 25.7 Å². The Morgan fingerprint density at radius 3 is 2.73 bits per heavy atom. The van der Waals surface area contributed by atoms with Gasteiger partial charge in [-0.05, 0) is 25.2 Å². The molecule has 1 atom stereocenters. The van der Waals surface area contributed by atoms with Crippen molar-refractivity contribution >= 4 is 8.80 Å². The third kappa shape index (κ3) is 3.75. The smallest absolute Gasteiger partial charge is 0.0305 e. The number of allylic oxidation sites excluding steroid dienone is 2. The highest BCUT2D eigenvalue weighted by Gasteiger charge is 2.09. The van der Waals surface area contributed by atoms with Crippen molar-refractivity contribution in [1.82, 2.24) is 0 Å². The second-order valence-electron chi connectivity index (χ2n) is 4.12. The minimum Gasteiger partial charge on any atom is -0.0885 e. The van der Waals surface area contributed by atoms with Gasteiger partial charge in [0.15, 0.2) is 0 Å². The molecular formula is C10H20Si. The molecule has 0 radical (unpaired) electrons. The number of hydrogen-bond acceptors (Lipinski definition) is 0. The largest absolute Gasteiger partial charge is 0.0885 e. The Morgan fingerprint density at radius 2 is 2.18 bits per heavy atom. The lowest BCUT2D eigenvalue weighted by atomic mass is 9.92. The molecule has 0 aliphatic heterocycles. The second-order valence-corrected chi connectivity index (χ2v) is 7.49. The minimum atomic E-state index is -0.266. The van der Waals surface area contributed by atoms with Crippen LogP contribution in [0.2, 0.25) is 19.1 Å². The van der Waals surface area contributed by atoms with Crippen molar-refractivity contribution in [3.63, 3.8) is 0 Å². The Morgan fingerprint density at radius 1 is 1.36 bits per heavy atom. The molecule has 0 heterocycles. The molecule has 0 unspecified atom stereocenters. The van der Waals surface area contributed by atoms with Crippen LogP contribution in [-0.4, -0.2) is 8.80 Å². The first-order chi connectivity index (χ1) is 5.29. The van der Waals surface area contributed by atoms with E-state index in [-0.39, 0.29) is 8.80 Å². The van der Waals surface area contributed by atoms with Crippen LogP contribution in [0.25, 0.3) is 0 Å². The van der Waals surface area contributed by atoms with Gasteiger partial charge in [0.25, 0.3) is 0 Å². The van der Waals surface area contributed by atoms with E-state index in [1.807, 2.05) is 0 Å². The van der Waals surface area contributed by atoms with E-state index in [0.29, 0.717) is 0 Å². The fourth-order valence-corrected chi connectivity index (χ4v) is 2.83. The average Bonchev–Trinajstić information content (AvgIpc) is 2.03. The highest BCUT2D eigenvalue weighted by atomic mass is 28.3. The molecule has 0 nitrogen and oxygen atoms in total. The van der Waals surface area contributed by atoms with Crippen molar-refractivity contribution in [3.05, 3.63) is 12.2 Å². The molecule has 1 heteroatoms. The van der Waals surface area contributed by atoms with E-state index in [0.717, 1.165) is 5.92 Å². The van der Waals surface area contributed by atoms with E-state index in [9.17, 15) is 0 Å². The zero-order valence-corrected chi connectivity index (χ0v) is 9.00. The van der Waals surface area contributed by atoms with Gasteiger partial charge < -0.3 is 0 Å². The molecule has 1 rings (SSSR count). The quantitative estimate of drug-likeness (QED) is 0.448. The molecule has 0 spiro atoms. The normalized spacial score (nSPS) is 24.5. The van der Waals surface area contributed by atoms with Crippen LogP contribution in [0, 0.1) is 5.92 Å². The fraction of sp³-hybridized carbons (Fsp3) is 0.800. The number of rotatable bonds is 3. The maximum Gasteiger partial charge on any atom is 0.0305 e. The van der Waals surface area contributed by atoms with E-state index in [1.54, 1.807) is 6.04 Å². The lowest BCUT2D eigenvalue weighted by molar-refractivity contribution is 0.464. The van der Waals surface area contributed by atoms with Crippen LogP contribution in [0.3, 0.4) is 0 Å². The average molecular weight is 168 g/mol. The zero-order valence-electron chi connectivity index (χ0n) is 7.84. The summed E-state index contributed by atoms with van der Waals surface area (Å²) in [4.78, 5) is 0. The summed E-state index contributed by atoms with van der Waals surface area (Å²) in [5, 5.41) is 0. The Hall–Kier alpha value is -0.0431. The van der Waals surface area contributed by atoms with Crippen LogP contribution in [0.5, 0.6) is 0 Å². The molecule has 0 amide bonds. The monoisotopic (exact) mass is 168 g/mol. The van der Waals surface area contributed by atoms with Gasteiger partial charge in [-0.2, -0.15) is 0 Å². The molecule has 1 aliphatic carbocycles. The predicted molar refractivity (Wildman–Crippen MR) is 54.8 cm³/mol.